The highest BCUT2D eigenvalue weighted by Gasteiger charge is 2.13. The summed E-state index contributed by atoms with van der Waals surface area (Å²) < 4.78 is 13.7. The van der Waals surface area contributed by atoms with Gasteiger partial charge in [0.1, 0.15) is 11.9 Å². The van der Waals surface area contributed by atoms with Crippen molar-refractivity contribution in [2.24, 2.45) is 5.73 Å². The van der Waals surface area contributed by atoms with Crippen LogP contribution in [-0.4, -0.2) is 0 Å². The lowest BCUT2D eigenvalue weighted by atomic mass is 10.0. The van der Waals surface area contributed by atoms with Gasteiger partial charge in [0.25, 0.3) is 0 Å². The minimum Gasteiger partial charge on any atom is -0.397 e. The monoisotopic (exact) mass is 258 g/mol. The molecule has 1 aromatic carbocycles. The molecule has 2 rings (SSSR count). The first-order chi connectivity index (χ1) is 8.63. The zero-order valence-electron chi connectivity index (χ0n) is 9.77. The van der Waals surface area contributed by atoms with Crippen LogP contribution in [0.4, 0.5) is 4.39 Å². The average molecular weight is 258 g/mol. The Morgan fingerprint density at radius 3 is 2.78 bits per heavy atom. The Morgan fingerprint density at radius 2 is 2.17 bits per heavy atom. The zero-order chi connectivity index (χ0) is 13.1. The first kappa shape index (κ1) is 12.3. The SMILES string of the molecule is Cc1ccc(F)c(/C(N)=C(/C#N)c2cccs2)c1. The number of hydrogen-bond donors (Lipinski definition) is 1. The number of allylic oxidation sites excluding steroid dienone is 1. The maximum atomic E-state index is 13.7. The second kappa shape index (κ2) is 5.03. The molecule has 0 amide bonds. The quantitative estimate of drug-likeness (QED) is 0.837. The molecule has 2 nitrogen and oxygen atoms in total. The summed E-state index contributed by atoms with van der Waals surface area (Å²) in [6.45, 7) is 1.85. The number of thiophene rings is 1. The van der Waals surface area contributed by atoms with E-state index in [1.54, 1.807) is 18.2 Å². The van der Waals surface area contributed by atoms with Gasteiger partial charge in [0.2, 0.25) is 0 Å². The summed E-state index contributed by atoms with van der Waals surface area (Å²) in [5, 5.41) is 11.0. The van der Waals surface area contributed by atoms with Crippen LogP contribution in [0.15, 0.2) is 35.7 Å². The van der Waals surface area contributed by atoms with E-state index < -0.39 is 5.82 Å². The van der Waals surface area contributed by atoms with Gasteiger partial charge in [0.15, 0.2) is 0 Å². The van der Waals surface area contributed by atoms with Gasteiger partial charge in [-0.05, 0) is 30.5 Å². The molecule has 0 spiro atoms. The lowest BCUT2D eigenvalue weighted by Gasteiger charge is -2.07. The molecule has 1 heterocycles. The van der Waals surface area contributed by atoms with E-state index >= 15 is 0 Å². The van der Waals surface area contributed by atoms with Crippen molar-refractivity contribution in [1.29, 1.82) is 5.26 Å². The van der Waals surface area contributed by atoms with E-state index in [0.29, 0.717) is 5.57 Å². The van der Waals surface area contributed by atoms with Gasteiger partial charge in [0, 0.05) is 10.4 Å². The van der Waals surface area contributed by atoms with Gasteiger partial charge in [0.05, 0.1) is 11.3 Å². The maximum Gasteiger partial charge on any atom is 0.132 e. The predicted octanol–water partition coefficient (Wildman–Crippen LogP) is 3.55. The van der Waals surface area contributed by atoms with E-state index in [1.807, 2.05) is 24.4 Å². The molecule has 0 radical (unpaired) electrons. The van der Waals surface area contributed by atoms with Gasteiger partial charge in [-0.1, -0.05) is 17.7 Å². The molecular weight excluding hydrogens is 247 g/mol. The van der Waals surface area contributed by atoms with Crippen LogP contribution in [0.2, 0.25) is 0 Å². The Hall–Kier alpha value is -2.12. The smallest absolute Gasteiger partial charge is 0.132 e. The van der Waals surface area contributed by atoms with E-state index in [4.69, 9.17) is 5.73 Å². The number of halogens is 1. The molecule has 1 aromatic heterocycles. The Morgan fingerprint density at radius 1 is 1.39 bits per heavy atom. The first-order valence-electron chi connectivity index (χ1n) is 5.33. The maximum absolute atomic E-state index is 13.7. The largest absolute Gasteiger partial charge is 0.397 e. The summed E-state index contributed by atoms with van der Waals surface area (Å²) in [5.74, 6) is -0.414. The number of nitrogens with zero attached hydrogens (tertiary/aromatic N) is 1. The number of nitriles is 1. The van der Waals surface area contributed by atoms with Crippen molar-refractivity contribution in [3.63, 3.8) is 0 Å². The van der Waals surface area contributed by atoms with Gasteiger partial charge in [-0.2, -0.15) is 5.26 Å². The van der Waals surface area contributed by atoms with Gasteiger partial charge in [-0.3, -0.25) is 0 Å². The first-order valence-corrected chi connectivity index (χ1v) is 6.21. The van der Waals surface area contributed by atoms with Crippen molar-refractivity contribution >= 4 is 22.6 Å². The highest BCUT2D eigenvalue weighted by molar-refractivity contribution is 7.11. The molecule has 4 heteroatoms. The molecule has 0 aliphatic heterocycles. The summed E-state index contributed by atoms with van der Waals surface area (Å²) in [6.07, 6.45) is 0. The fraction of sp³-hybridized carbons (Fsp3) is 0.0714. The molecule has 18 heavy (non-hydrogen) atoms. The normalized spacial score (nSPS) is 11.8. The van der Waals surface area contributed by atoms with Crippen molar-refractivity contribution in [3.05, 3.63) is 57.5 Å². The van der Waals surface area contributed by atoms with Gasteiger partial charge in [-0.25, -0.2) is 4.39 Å². The Labute approximate surface area is 109 Å². The highest BCUT2D eigenvalue weighted by atomic mass is 32.1. The third kappa shape index (κ3) is 2.27. The second-order valence-electron chi connectivity index (χ2n) is 3.86. The van der Waals surface area contributed by atoms with Crippen LogP contribution < -0.4 is 5.73 Å². The standard InChI is InChI=1S/C14H11FN2S/c1-9-4-5-12(15)10(7-9)14(17)11(8-16)13-3-2-6-18-13/h2-7H,17H2,1H3/b14-11+. The third-order valence-corrected chi connectivity index (χ3v) is 3.45. The van der Waals surface area contributed by atoms with Gasteiger partial charge >= 0.3 is 0 Å². The van der Waals surface area contributed by atoms with Crippen LogP contribution in [0.1, 0.15) is 16.0 Å². The van der Waals surface area contributed by atoms with Crippen LogP contribution >= 0.6 is 11.3 Å². The van der Waals surface area contributed by atoms with Crippen LogP contribution in [0.5, 0.6) is 0 Å². The molecule has 0 atom stereocenters. The Kier molecular flexibility index (Phi) is 3.45. The van der Waals surface area contributed by atoms with E-state index in [9.17, 15) is 9.65 Å². The summed E-state index contributed by atoms with van der Waals surface area (Å²) >= 11 is 1.41. The minimum atomic E-state index is -0.414. The average Bonchev–Trinajstić information content (AvgIpc) is 2.87. The molecule has 0 fully saturated rings. The topological polar surface area (TPSA) is 49.8 Å². The fourth-order valence-corrected chi connectivity index (χ4v) is 2.38. The van der Waals surface area contributed by atoms with Crippen LogP contribution in [-0.2, 0) is 0 Å². The minimum absolute atomic E-state index is 0.182. The Bertz CT molecular complexity index is 636. The number of aryl methyl sites for hydroxylation is 1. The van der Waals surface area contributed by atoms with Crippen LogP contribution in [0.3, 0.4) is 0 Å². The van der Waals surface area contributed by atoms with Crippen molar-refractivity contribution in [1.82, 2.24) is 0 Å². The van der Waals surface area contributed by atoms with Crippen molar-refractivity contribution < 1.29 is 4.39 Å². The molecule has 90 valence electrons. The highest BCUT2D eigenvalue weighted by Crippen LogP contribution is 2.27. The summed E-state index contributed by atoms with van der Waals surface area (Å²) in [7, 11) is 0. The van der Waals surface area contributed by atoms with Crippen molar-refractivity contribution in [2.45, 2.75) is 6.92 Å². The second-order valence-corrected chi connectivity index (χ2v) is 4.81. The molecule has 2 aromatic rings. The molecule has 0 saturated carbocycles. The number of rotatable bonds is 2. The molecule has 2 N–H and O–H groups in total. The van der Waals surface area contributed by atoms with Crippen LogP contribution in [0, 0.1) is 24.1 Å². The molecule has 0 aliphatic rings. The van der Waals surface area contributed by atoms with Crippen LogP contribution in [0.25, 0.3) is 11.3 Å². The van der Waals surface area contributed by atoms with Gasteiger partial charge in [-0.15, -0.1) is 11.3 Å². The van der Waals surface area contributed by atoms with Crippen molar-refractivity contribution in [2.75, 3.05) is 0 Å². The van der Waals surface area contributed by atoms with E-state index in [0.717, 1.165) is 10.4 Å². The van der Waals surface area contributed by atoms with Crippen molar-refractivity contribution in [3.8, 4) is 6.07 Å². The lowest BCUT2D eigenvalue weighted by Crippen LogP contribution is -2.03. The lowest BCUT2D eigenvalue weighted by molar-refractivity contribution is 0.623. The number of hydrogen-bond acceptors (Lipinski definition) is 3. The number of nitrogens with two attached hydrogens (primary N) is 1. The predicted molar refractivity (Wildman–Crippen MR) is 72.1 cm³/mol. The van der Waals surface area contributed by atoms with E-state index in [1.165, 1.54) is 17.4 Å². The summed E-state index contributed by atoms with van der Waals surface area (Å²) in [5.41, 5.74) is 7.61. The molecule has 0 saturated heterocycles. The van der Waals surface area contributed by atoms with Gasteiger partial charge < -0.3 is 5.73 Å². The molecule has 0 unspecified atom stereocenters. The molecule has 0 aliphatic carbocycles. The molecular formula is C14H11FN2S. The number of benzene rings is 1. The zero-order valence-corrected chi connectivity index (χ0v) is 10.6. The van der Waals surface area contributed by atoms with E-state index in [2.05, 4.69) is 0 Å². The fourth-order valence-electron chi connectivity index (χ4n) is 1.65. The summed E-state index contributed by atoms with van der Waals surface area (Å²) in [6, 6.07) is 10.4. The summed E-state index contributed by atoms with van der Waals surface area (Å²) in [4.78, 5) is 0.746. The molecule has 0 bridgehead atoms. The third-order valence-electron chi connectivity index (χ3n) is 2.56. The van der Waals surface area contributed by atoms with E-state index in [-0.39, 0.29) is 11.3 Å². The Balaban J connectivity index is 2.62.